The Bertz CT molecular complexity index is 274. The quantitative estimate of drug-likeness (QED) is 0.782. The lowest BCUT2D eigenvalue weighted by atomic mass is 10.00. The van der Waals surface area contributed by atoms with Gasteiger partial charge in [0.2, 0.25) is 0 Å². The second-order valence-electron chi connectivity index (χ2n) is 4.29. The van der Waals surface area contributed by atoms with E-state index in [2.05, 4.69) is 23.4 Å². The number of imidazole rings is 1. The van der Waals surface area contributed by atoms with Gasteiger partial charge in [0.05, 0.1) is 6.33 Å². The Morgan fingerprint density at radius 3 is 2.60 bits per heavy atom. The minimum atomic E-state index is 0.266. The molecule has 0 spiro atoms. The zero-order chi connectivity index (χ0) is 11.3. The predicted molar refractivity (Wildman–Crippen MR) is 63.8 cm³/mol. The molecule has 15 heavy (non-hydrogen) atoms. The van der Waals surface area contributed by atoms with Crippen LogP contribution in [-0.4, -0.2) is 15.6 Å². The minimum Gasteiger partial charge on any atom is -0.334 e. The first-order valence-corrected chi connectivity index (χ1v) is 5.94. The summed E-state index contributed by atoms with van der Waals surface area (Å²) in [7, 11) is 0. The SMILES string of the molecule is CCC(CC)c1cncn1CCC(C)N. The fourth-order valence-corrected chi connectivity index (χ4v) is 1.91. The van der Waals surface area contributed by atoms with Crippen LogP contribution in [0.5, 0.6) is 0 Å². The summed E-state index contributed by atoms with van der Waals surface area (Å²) >= 11 is 0. The second kappa shape index (κ2) is 5.91. The Labute approximate surface area is 92.7 Å². The van der Waals surface area contributed by atoms with Crippen LogP contribution >= 0.6 is 0 Å². The number of aromatic nitrogens is 2. The number of nitrogens with two attached hydrogens (primary N) is 1. The van der Waals surface area contributed by atoms with E-state index in [-0.39, 0.29) is 6.04 Å². The molecule has 0 saturated carbocycles. The highest BCUT2D eigenvalue weighted by molar-refractivity contribution is 5.05. The zero-order valence-corrected chi connectivity index (χ0v) is 10.1. The third-order valence-corrected chi connectivity index (χ3v) is 2.97. The van der Waals surface area contributed by atoms with Crippen molar-refractivity contribution in [1.29, 1.82) is 0 Å². The van der Waals surface area contributed by atoms with Gasteiger partial charge in [0.25, 0.3) is 0 Å². The van der Waals surface area contributed by atoms with Gasteiger partial charge in [0, 0.05) is 30.4 Å². The van der Waals surface area contributed by atoms with Gasteiger partial charge in [0.15, 0.2) is 0 Å². The van der Waals surface area contributed by atoms with Gasteiger partial charge in [-0.2, -0.15) is 0 Å². The topological polar surface area (TPSA) is 43.8 Å². The van der Waals surface area contributed by atoms with E-state index in [1.165, 1.54) is 18.5 Å². The Morgan fingerprint density at radius 1 is 1.40 bits per heavy atom. The van der Waals surface area contributed by atoms with E-state index in [0.717, 1.165) is 13.0 Å². The molecule has 3 heteroatoms. The van der Waals surface area contributed by atoms with Gasteiger partial charge in [-0.05, 0) is 26.2 Å². The maximum absolute atomic E-state index is 5.77. The van der Waals surface area contributed by atoms with Crippen molar-refractivity contribution in [1.82, 2.24) is 9.55 Å². The van der Waals surface area contributed by atoms with Crippen LogP contribution in [0.3, 0.4) is 0 Å². The Kier molecular flexibility index (Phi) is 4.82. The van der Waals surface area contributed by atoms with Crippen molar-refractivity contribution in [3.63, 3.8) is 0 Å². The summed E-state index contributed by atoms with van der Waals surface area (Å²) in [6.45, 7) is 7.51. The summed E-state index contributed by atoms with van der Waals surface area (Å²) in [5.74, 6) is 0.639. The summed E-state index contributed by atoms with van der Waals surface area (Å²) in [5, 5.41) is 0. The third kappa shape index (κ3) is 3.34. The highest BCUT2D eigenvalue weighted by Crippen LogP contribution is 2.22. The predicted octanol–water partition coefficient (Wildman–Crippen LogP) is 2.52. The fourth-order valence-electron chi connectivity index (χ4n) is 1.91. The van der Waals surface area contributed by atoms with E-state index in [9.17, 15) is 0 Å². The van der Waals surface area contributed by atoms with Crippen LogP contribution in [0.4, 0.5) is 0 Å². The van der Waals surface area contributed by atoms with Gasteiger partial charge >= 0.3 is 0 Å². The second-order valence-corrected chi connectivity index (χ2v) is 4.29. The molecular formula is C12H23N3. The maximum atomic E-state index is 5.77. The summed E-state index contributed by atoms with van der Waals surface area (Å²) in [6, 6.07) is 0.266. The molecule has 2 N–H and O–H groups in total. The van der Waals surface area contributed by atoms with Gasteiger partial charge in [-0.1, -0.05) is 13.8 Å². The maximum Gasteiger partial charge on any atom is 0.0948 e. The summed E-state index contributed by atoms with van der Waals surface area (Å²) in [6.07, 6.45) is 7.30. The molecule has 0 amide bonds. The molecule has 1 heterocycles. The molecule has 0 aliphatic rings. The van der Waals surface area contributed by atoms with E-state index in [1.54, 1.807) is 0 Å². The van der Waals surface area contributed by atoms with Gasteiger partial charge < -0.3 is 10.3 Å². The van der Waals surface area contributed by atoms with Crippen LogP contribution < -0.4 is 5.73 Å². The van der Waals surface area contributed by atoms with Crippen molar-refractivity contribution >= 4 is 0 Å². The number of aryl methyl sites for hydroxylation is 1. The molecule has 0 aliphatic heterocycles. The monoisotopic (exact) mass is 209 g/mol. The zero-order valence-electron chi connectivity index (χ0n) is 10.1. The third-order valence-electron chi connectivity index (χ3n) is 2.97. The molecule has 0 fully saturated rings. The van der Waals surface area contributed by atoms with E-state index in [4.69, 9.17) is 5.73 Å². The molecule has 1 atom stereocenters. The number of nitrogens with zero attached hydrogens (tertiary/aromatic N) is 2. The van der Waals surface area contributed by atoms with Gasteiger partial charge in [-0.15, -0.1) is 0 Å². The molecule has 0 saturated heterocycles. The number of hydrogen-bond donors (Lipinski definition) is 1. The van der Waals surface area contributed by atoms with Gasteiger partial charge in [0.1, 0.15) is 0 Å². The van der Waals surface area contributed by atoms with Crippen LogP contribution in [0.15, 0.2) is 12.5 Å². The standard InChI is InChI=1S/C12H23N3/c1-4-11(5-2)12-8-14-9-15(12)7-6-10(3)13/h8-11H,4-7,13H2,1-3H3. The van der Waals surface area contributed by atoms with Crippen LogP contribution in [-0.2, 0) is 6.54 Å². The molecule has 86 valence electrons. The summed E-state index contributed by atoms with van der Waals surface area (Å²) in [4.78, 5) is 4.24. The molecular weight excluding hydrogens is 186 g/mol. The fraction of sp³-hybridized carbons (Fsp3) is 0.750. The van der Waals surface area contributed by atoms with Crippen molar-refractivity contribution in [2.75, 3.05) is 0 Å². The smallest absolute Gasteiger partial charge is 0.0948 e. The van der Waals surface area contributed by atoms with Crippen LogP contribution in [0.2, 0.25) is 0 Å². The lowest BCUT2D eigenvalue weighted by Gasteiger charge is -2.16. The van der Waals surface area contributed by atoms with Crippen molar-refractivity contribution < 1.29 is 0 Å². The van der Waals surface area contributed by atoms with E-state index < -0.39 is 0 Å². The summed E-state index contributed by atoms with van der Waals surface area (Å²) in [5.41, 5.74) is 7.13. The minimum absolute atomic E-state index is 0.266. The number of rotatable bonds is 6. The lowest BCUT2D eigenvalue weighted by molar-refractivity contribution is 0.521. The lowest BCUT2D eigenvalue weighted by Crippen LogP contribution is -2.18. The van der Waals surface area contributed by atoms with E-state index in [0.29, 0.717) is 5.92 Å². The van der Waals surface area contributed by atoms with Crippen LogP contribution in [0, 0.1) is 0 Å². The van der Waals surface area contributed by atoms with Crippen molar-refractivity contribution in [2.45, 2.75) is 58.5 Å². The molecule has 0 aliphatic carbocycles. The average molecular weight is 209 g/mol. The van der Waals surface area contributed by atoms with Crippen LogP contribution in [0.1, 0.15) is 51.6 Å². The van der Waals surface area contributed by atoms with E-state index in [1.807, 2.05) is 19.4 Å². The molecule has 0 bridgehead atoms. The normalized spacial score (nSPS) is 13.4. The first kappa shape index (κ1) is 12.2. The van der Waals surface area contributed by atoms with Crippen LogP contribution in [0.25, 0.3) is 0 Å². The molecule has 0 radical (unpaired) electrons. The van der Waals surface area contributed by atoms with Crippen molar-refractivity contribution in [2.24, 2.45) is 5.73 Å². The molecule has 1 unspecified atom stereocenters. The van der Waals surface area contributed by atoms with Gasteiger partial charge in [-0.3, -0.25) is 0 Å². The molecule has 3 nitrogen and oxygen atoms in total. The molecule has 1 aromatic heterocycles. The van der Waals surface area contributed by atoms with Crippen molar-refractivity contribution in [3.05, 3.63) is 18.2 Å². The first-order chi connectivity index (χ1) is 7.19. The summed E-state index contributed by atoms with van der Waals surface area (Å²) < 4.78 is 2.25. The largest absolute Gasteiger partial charge is 0.334 e. The number of hydrogen-bond acceptors (Lipinski definition) is 2. The van der Waals surface area contributed by atoms with E-state index >= 15 is 0 Å². The molecule has 1 aromatic rings. The Morgan fingerprint density at radius 2 is 2.07 bits per heavy atom. The van der Waals surface area contributed by atoms with Gasteiger partial charge in [-0.25, -0.2) is 4.98 Å². The molecule has 0 aromatic carbocycles. The first-order valence-electron chi connectivity index (χ1n) is 5.94. The molecule has 1 rings (SSSR count). The van der Waals surface area contributed by atoms with Crippen molar-refractivity contribution in [3.8, 4) is 0 Å². The Hall–Kier alpha value is -0.830. The highest BCUT2D eigenvalue weighted by atomic mass is 15.0. The average Bonchev–Trinajstić information content (AvgIpc) is 2.65. The highest BCUT2D eigenvalue weighted by Gasteiger charge is 2.12. The Balaban J connectivity index is 2.67.